The second kappa shape index (κ2) is 7.38. The highest BCUT2D eigenvalue weighted by Crippen LogP contribution is 2.65. The van der Waals surface area contributed by atoms with Gasteiger partial charge in [0.1, 0.15) is 0 Å². The van der Waals surface area contributed by atoms with Crippen LogP contribution in [0.25, 0.3) is 0 Å². The first kappa shape index (κ1) is 21.4. The molecule has 2 nitrogen and oxygen atoms in total. The van der Waals surface area contributed by atoms with E-state index in [1.54, 1.807) is 5.57 Å². The van der Waals surface area contributed by atoms with Gasteiger partial charge in [-0.3, -0.25) is 0 Å². The van der Waals surface area contributed by atoms with Crippen molar-refractivity contribution >= 4 is 0 Å². The van der Waals surface area contributed by atoms with Crippen LogP contribution in [0.3, 0.4) is 0 Å². The van der Waals surface area contributed by atoms with E-state index in [0.717, 1.165) is 37.5 Å². The Bertz CT molecular complexity index is 723. The van der Waals surface area contributed by atoms with E-state index in [0.29, 0.717) is 17.3 Å². The SMILES string of the molecule is C[C@H](C=CCC(C)(C)O)[C@H]1CC[C@H]2C3=CC=C4C[C@@H](O)CC[C@]4(C)[C@H]3CC[C@]12C. The number of hydrogen-bond donors (Lipinski definition) is 2. The molecular formula is C27H42O2. The highest BCUT2D eigenvalue weighted by molar-refractivity contribution is 5.39. The molecule has 3 saturated carbocycles. The van der Waals surface area contributed by atoms with Crippen molar-refractivity contribution in [1.82, 2.24) is 0 Å². The van der Waals surface area contributed by atoms with Crippen LogP contribution in [-0.4, -0.2) is 21.9 Å². The van der Waals surface area contributed by atoms with E-state index in [1.807, 2.05) is 13.8 Å². The quantitative estimate of drug-likeness (QED) is 0.554. The molecule has 4 aliphatic rings. The zero-order chi connectivity index (χ0) is 21.0. The normalized spacial score (nSPS) is 43.3. The monoisotopic (exact) mass is 398 g/mol. The van der Waals surface area contributed by atoms with Crippen LogP contribution in [0.4, 0.5) is 0 Å². The fourth-order valence-electron chi connectivity index (χ4n) is 7.59. The zero-order valence-electron chi connectivity index (χ0n) is 19.2. The summed E-state index contributed by atoms with van der Waals surface area (Å²) in [4.78, 5) is 0. The van der Waals surface area contributed by atoms with Crippen molar-refractivity contribution in [2.24, 2.45) is 34.5 Å². The molecule has 3 fully saturated rings. The summed E-state index contributed by atoms with van der Waals surface area (Å²) >= 11 is 0. The van der Waals surface area contributed by atoms with E-state index < -0.39 is 5.60 Å². The lowest BCUT2D eigenvalue weighted by Crippen LogP contribution is -2.46. The summed E-state index contributed by atoms with van der Waals surface area (Å²) in [6.45, 7) is 11.2. The van der Waals surface area contributed by atoms with Crippen molar-refractivity contribution in [3.63, 3.8) is 0 Å². The molecule has 4 rings (SSSR count). The fourth-order valence-corrected chi connectivity index (χ4v) is 7.59. The van der Waals surface area contributed by atoms with Crippen LogP contribution in [0.2, 0.25) is 0 Å². The van der Waals surface area contributed by atoms with Crippen LogP contribution in [0.5, 0.6) is 0 Å². The van der Waals surface area contributed by atoms with Gasteiger partial charge in [0.05, 0.1) is 11.7 Å². The molecule has 0 aromatic carbocycles. The van der Waals surface area contributed by atoms with Crippen molar-refractivity contribution < 1.29 is 10.2 Å². The van der Waals surface area contributed by atoms with E-state index in [1.165, 1.54) is 31.3 Å². The van der Waals surface area contributed by atoms with E-state index in [2.05, 4.69) is 45.1 Å². The summed E-state index contributed by atoms with van der Waals surface area (Å²) in [7, 11) is 0. The molecule has 7 atom stereocenters. The molecule has 0 amide bonds. The van der Waals surface area contributed by atoms with E-state index in [-0.39, 0.29) is 11.5 Å². The summed E-state index contributed by atoms with van der Waals surface area (Å²) in [6.07, 6.45) is 18.3. The Balaban J connectivity index is 1.55. The van der Waals surface area contributed by atoms with E-state index in [4.69, 9.17) is 0 Å². The van der Waals surface area contributed by atoms with Crippen LogP contribution in [-0.2, 0) is 0 Å². The largest absolute Gasteiger partial charge is 0.393 e. The first-order chi connectivity index (χ1) is 13.5. The molecule has 0 radical (unpaired) electrons. The maximum Gasteiger partial charge on any atom is 0.0626 e. The molecule has 0 unspecified atom stereocenters. The molecule has 0 aliphatic heterocycles. The molecule has 2 heteroatoms. The number of aliphatic hydroxyl groups is 2. The summed E-state index contributed by atoms with van der Waals surface area (Å²) < 4.78 is 0. The molecule has 162 valence electrons. The Hall–Kier alpha value is -0.860. The van der Waals surface area contributed by atoms with Gasteiger partial charge in [0.15, 0.2) is 0 Å². The number of fused-ring (bicyclic) bond motifs is 5. The maximum absolute atomic E-state index is 10.2. The van der Waals surface area contributed by atoms with Gasteiger partial charge < -0.3 is 10.2 Å². The molecule has 0 saturated heterocycles. The lowest BCUT2D eigenvalue weighted by molar-refractivity contribution is 0.0382. The lowest BCUT2D eigenvalue weighted by atomic mass is 9.50. The Morgan fingerprint density at radius 3 is 2.59 bits per heavy atom. The third kappa shape index (κ3) is 3.69. The van der Waals surface area contributed by atoms with Crippen LogP contribution in [0.1, 0.15) is 86.0 Å². The average Bonchev–Trinajstić information content (AvgIpc) is 2.98. The molecular weight excluding hydrogens is 356 g/mol. The minimum Gasteiger partial charge on any atom is -0.393 e. The summed E-state index contributed by atoms with van der Waals surface area (Å²) in [5.74, 6) is 2.71. The van der Waals surface area contributed by atoms with Gasteiger partial charge in [-0.05, 0) is 99.7 Å². The predicted octanol–water partition coefficient (Wildman–Crippen LogP) is 6.20. The van der Waals surface area contributed by atoms with Crippen molar-refractivity contribution in [2.45, 2.75) is 97.7 Å². The van der Waals surface area contributed by atoms with Gasteiger partial charge in [-0.25, -0.2) is 0 Å². The molecule has 0 heterocycles. The van der Waals surface area contributed by atoms with Gasteiger partial charge in [-0.2, -0.15) is 0 Å². The zero-order valence-corrected chi connectivity index (χ0v) is 19.2. The lowest BCUT2D eigenvalue weighted by Gasteiger charge is -2.55. The Morgan fingerprint density at radius 2 is 1.86 bits per heavy atom. The number of aliphatic hydroxyl groups excluding tert-OH is 1. The first-order valence-corrected chi connectivity index (χ1v) is 12.0. The molecule has 0 spiro atoms. The molecule has 0 aromatic rings. The topological polar surface area (TPSA) is 40.5 Å². The Kier molecular flexibility index (Phi) is 5.44. The smallest absolute Gasteiger partial charge is 0.0626 e. The molecule has 0 bridgehead atoms. The third-order valence-corrected chi connectivity index (χ3v) is 9.31. The van der Waals surface area contributed by atoms with Crippen LogP contribution < -0.4 is 0 Å². The van der Waals surface area contributed by atoms with E-state index >= 15 is 0 Å². The first-order valence-electron chi connectivity index (χ1n) is 12.0. The van der Waals surface area contributed by atoms with Crippen molar-refractivity contribution in [3.05, 3.63) is 35.5 Å². The van der Waals surface area contributed by atoms with Gasteiger partial charge in [-0.1, -0.05) is 56.2 Å². The van der Waals surface area contributed by atoms with Crippen molar-refractivity contribution in [3.8, 4) is 0 Å². The van der Waals surface area contributed by atoms with Crippen molar-refractivity contribution in [1.29, 1.82) is 0 Å². The maximum atomic E-state index is 10.2. The van der Waals surface area contributed by atoms with Crippen LogP contribution in [0, 0.1) is 34.5 Å². The van der Waals surface area contributed by atoms with Crippen LogP contribution >= 0.6 is 0 Å². The standard InChI is InChI=1S/C27H42O2/c1-18(7-6-14-25(2,3)29)22-10-11-23-21-9-8-19-17-20(28)12-15-26(19,4)24(21)13-16-27(22,23)5/h6-9,18,20,22-24,28-29H,10-17H2,1-5H3/t18-,20+,22-,23+,24+,26+,27-/m1/s1. The second-order valence-electron chi connectivity index (χ2n) is 11.8. The minimum absolute atomic E-state index is 0.134. The number of allylic oxidation sites excluding steroid dienone is 4. The Labute approximate surface area is 178 Å². The van der Waals surface area contributed by atoms with Gasteiger partial charge >= 0.3 is 0 Å². The van der Waals surface area contributed by atoms with Crippen molar-refractivity contribution in [2.75, 3.05) is 0 Å². The summed E-state index contributed by atoms with van der Waals surface area (Å²) in [6, 6.07) is 0. The highest BCUT2D eigenvalue weighted by Gasteiger charge is 2.56. The average molecular weight is 399 g/mol. The number of hydrogen-bond acceptors (Lipinski definition) is 2. The predicted molar refractivity (Wildman–Crippen MR) is 120 cm³/mol. The fraction of sp³-hybridized carbons (Fsp3) is 0.778. The van der Waals surface area contributed by atoms with Crippen LogP contribution in [0.15, 0.2) is 35.5 Å². The minimum atomic E-state index is -0.615. The summed E-state index contributed by atoms with van der Waals surface area (Å²) in [5, 5.41) is 20.2. The van der Waals surface area contributed by atoms with Gasteiger partial charge in [-0.15, -0.1) is 0 Å². The molecule has 29 heavy (non-hydrogen) atoms. The van der Waals surface area contributed by atoms with Gasteiger partial charge in [0.25, 0.3) is 0 Å². The Morgan fingerprint density at radius 1 is 1.10 bits per heavy atom. The molecule has 2 N–H and O–H groups in total. The highest BCUT2D eigenvalue weighted by atomic mass is 16.3. The van der Waals surface area contributed by atoms with Gasteiger partial charge in [0.2, 0.25) is 0 Å². The van der Waals surface area contributed by atoms with E-state index in [9.17, 15) is 10.2 Å². The third-order valence-electron chi connectivity index (χ3n) is 9.31. The second-order valence-corrected chi connectivity index (χ2v) is 11.8. The van der Waals surface area contributed by atoms with Gasteiger partial charge in [0, 0.05) is 0 Å². The summed E-state index contributed by atoms with van der Waals surface area (Å²) in [5.41, 5.74) is 3.30. The molecule has 0 aromatic heterocycles. The molecule has 4 aliphatic carbocycles. The number of rotatable bonds is 4.